The molecule has 2 heterocycles. The summed E-state index contributed by atoms with van der Waals surface area (Å²) in [7, 11) is 2.25. The summed E-state index contributed by atoms with van der Waals surface area (Å²) in [4.78, 5) is 5.32. The van der Waals surface area contributed by atoms with E-state index in [4.69, 9.17) is 4.74 Å². The fourth-order valence-corrected chi connectivity index (χ4v) is 7.22. The molecular weight excluding hydrogens is 416 g/mol. The molecule has 1 saturated carbocycles. The molecule has 2 bridgehead atoms. The smallest absolute Gasteiger partial charge is 0.0914 e. The second kappa shape index (κ2) is 9.57. The Bertz CT molecular complexity index is 974. The van der Waals surface area contributed by atoms with Crippen molar-refractivity contribution in [2.75, 3.05) is 26.7 Å². The van der Waals surface area contributed by atoms with Crippen LogP contribution >= 0.6 is 0 Å². The molecule has 4 aliphatic rings. The van der Waals surface area contributed by atoms with Crippen molar-refractivity contribution in [1.29, 1.82) is 0 Å². The first-order valence-electron chi connectivity index (χ1n) is 13.7. The van der Waals surface area contributed by atoms with Crippen molar-refractivity contribution < 1.29 is 4.74 Å². The van der Waals surface area contributed by atoms with Crippen LogP contribution in [0.5, 0.6) is 0 Å². The number of nitrogens with zero attached hydrogens (tertiary/aromatic N) is 2. The van der Waals surface area contributed by atoms with E-state index < -0.39 is 0 Å². The second-order valence-corrected chi connectivity index (χ2v) is 11.5. The zero-order valence-corrected chi connectivity index (χ0v) is 21.9. The molecule has 5 rings (SSSR count). The first-order valence-corrected chi connectivity index (χ1v) is 13.7. The minimum atomic E-state index is 0.254. The van der Waals surface area contributed by atoms with Crippen molar-refractivity contribution in [2.45, 2.75) is 83.2 Å². The third-order valence-corrected chi connectivity index (χ3v) is 9.54. The summed E-state index contributed by atoms with van der Waals surface area (Å²) in [6.07, 6.45) is 15.0. The number of fused-ring (bicyclic) bond motifs is 4. The maximum absolute atomic E-state index is 5.40. The minimum Gasteiger partial charge on any atom is -0.501 e. The Kier molecular flexibility index (Phi) is 6.68. The van der Waals surface area contributed by atoms with Gasteiger partial charge in [-0.3, -0.25) is 4.90 Å². The van der Waals surface area contributed by atoms with Crippen LogP contribution < -0.4 is 0 Å². The number of likely N-dealkylation sites (N-methyl/N-ethyl adjacent to an activating group) is 1. The summed E-state index contributed by atoms with van der Waals surface area (Å²) in [5, 5.41) is 0. The van der Waals surface area contributed by atoms with Gasteiger partial charge in [0.1, 0.15) is 0 Å². The number of allylic oxidation sites excluding steroid dienone is 2. The third kappa shape index (κ3) is 4.37. The molecule has 1 aromatic carbocycles. The van der Waals surface area contributed by atoms with Gasteiger partial charge in [0.2, 0.25) is 0 Å². The Morgan fingerprint density at radius 1 is 1.35 bits per heavy atom. The van der Waals surface area contributed by atoms with E-state index in [9.17, 15) is 0 Å². The average molecular weight is 461 g/mol. The summed E-state index contributed by atoms with van der Waals surface area (Å²) < 4.78 is 5.40. The topological polar surface area (TPSA) is 15.7 Å². The molecule has 0 spiro atoms. The zero-order chi connectivity index (χ0) is 23.9. The van der Waals surface area contributed by atoms with E-state index in [0.29, 0.717) is 18.0 Å². The summed E-state index contributed by atoms with van der Waals surface area (Å²) in [6.45, 7) is 15.1. The molecule has 0 aromatic heterocycles. The molecule has 4 unspecified atom stereocenters. The van der Waals surface area contributed by atoms with Crippen LogP contribution in [0.1, 0.15) is 69.1 Å². The van der Waals surface area contributed by atoms with Gasteiger partial charge >= 0.3 is 0 Å². The van der Waals surface area contributed by atoms with Gasteiger partial charge in [-0.1, -0.05) is 44.7 Å². The molecule has 0 radical (unpaired) electrons. The van der Waals surface area contributed by atoms with Crippen molar-refractivity contribution in [1.82, 2.24) is 9.80 Å². The average Bonchev–Trinajstić information content (AvgIpc) is 3.49. The van der Waals surface area contributed by atoms with Gasteiger partial charge in [-0.15, -0.1) is 0 Å². The maximum Gasteiger partial charge on any atom is 0.0914 e. The molecule has 1 aromatic rings. The van der Waals surface area contributed by atoms with Gasteiger partial charge in [-0.25, -0.2) is 0 Å². The molecule has 4 atom stereocenters. The highest BCUT2D eigenvalue weighted by atomic mass is 16.5. The number of piperidine rings is 1. The normalized spacial score (nSPS) is 29.5. The van der Waals surface area contributed by atoms with Gasteiger partial charge in [0.15, 0.2) is 0 Å². The number of hydrogen-bond acceptors (Lipinski definition) is 3. The molecule has 184 valence electrons. The van der Waals surface area contributed by atoms with Gasteiger partial charge in [0.25, 0.3) is 0 Å². The Morgan fingerprint density at radius 2 is 2.18 bits per heavy atom. The van der Waals surface area contributed by atoms with Crippen molar-refractivity contribution in [3.8, 4) is 0 Å². The molecule has 2 aliphatic carbocycles. The summed E-state index contributed by atoms with van der Waals surface area (Å²) in [6, 6.07) is 8.24. The van der Waals surface area contributed by atoms with E-state index in [1.165, 1.54) is 56.3 Å². The van der Waals surface area contributed by atoms with Gasteiger partial charge in [0, 0.05) is 43.2 Å². The standard InChI is InChI=1S/C31H44N2O/c1-6-28(32(5)23(3)10-11-26-14-17-34-21-26)19-31-15-16-33(20-25-12-13-25)29(24(31)4)18-27-9-7-8-22(2)30(27)31/h7-11,21,24-25,28-29H,3,6,12-20H2,1-2,4-5H3/b11-10+. The molecule has 3 nitrogen and oxygen atoms in total. The van der Waals surface area contributed by atoms with Crippen LogP contribution in [0.25, 0.3) is 0 Å². The highest BCUT2D eigenvalue weighted by Gasteiger charge is 2.53. The predicted molar refractivity (Wildman–Crippen MR) is 142 cm³/mol. The number of ether oxygens (including phenoxy) is 1. The highest BCUT2D eigenvalue weighted by Crippen LogP contribution is 2.53. The van der Waals surface area contributed by atoms with Crippen LogP contribution in [-0.2, 0) is 16.6 Å². The maximum atomic E-state index is 5.40. The SMILES string of the molecule is C=C(/C=C/C1=COCC1)N(C)C(CC)CC12CCN(CC3CC3)C(Cc3cccc(C)c31)C2C. The first-order chi connectivity index (χ1) is 16.4. The van der Waals surface area contributed by atoms with Crippen LogP contribution in [0.4, 0.5) is 0 Å². The monoisotopic (exact) mass is 460 g/mol. The van der Waals surface area contributed by atoms with E-state index in [0.717, 1.165) is 31.1 Å². The lowest BCUT2D eigenvalue weighted by atomic mass is 9.54. The Labute approximate surface area is 207 Å². The van der Waals surface area contributed by atoms with E-state index >= 15 is 0 Å². The van der Waals surface area contributed by atoms with Crippen molar-refractivity contribution in [3.63, 3.8) is 0 Å². The Balaban J connectivity index is 1.42. The van der Waals surface area contributed by atoms with Crippen LogP contribution in [0.15, 0.2) is 54.5 Å². The molecule has 34 heavy (non-hydrogen) atoms. The van der Waals surface area contributed by atoms with Crippen molar-refractivity contribution >= 4 is 0 Å². The van der Waals surface area contributed by atoms with E-state index in [1.54, 1.807) is 11.1 Å². The molecule has 0 N–H and O–H groups in total. The largest absolute Gasteiger partial charge is 0.501 e. The Hall–Kier alpha value is -2.00. The number of rotatable bonds is 9. The predicted octanol–water partition coefficient (Wildman–Crippen LogP) is 6.38. The minimum absolute atomic E-state index is 0.254. The van der Waals surface area contributed by atoms with Gasteiger partial charge < -0.3 is 9.64 Å². The number of likely N-dealkylation sites (tertiary alicyclic amines) is 1. The first kappa shape index (κ1) is 23.7. The van der Waals surface area contributed by atoms with Gasteiger partial charge in [-0.2, -0.15) is 0 Å². The van der Waals surface area contributed by atoms with Crippen LogP contribution in [0.2, 0.25) is 0 Å². The molecular formula is C31H44N2O. The quantitative estimate of drug-likeness (QED) is 0.398. The van der Waals surface area contributed by atoms with Crippen LogP contribution in [0.3, 0.4) is 0 Å². The summed E-state index contributed by atoms with van der Waals surface area (Å²) in [5.41, 5.74) is 7.43. The lowest BCUT2D eigenvalue weighted by molar-refractivity contribution is 0.00494. The van der Waals surface area contributed by atoms with Gasteiger partial charge in [0.05, 0.1) is 12.9 Å². The lowest BCUT2D eigenvalue weighted by Crippen LogP contribution is -2.60. The van der Waals surface area contributed by atoms with E-state index in [1.807, 2.05) is 6.26 Å². The van der Waals surface area contributed by atoms with Crippen LogP contribution in [0, 0.1) is 18.8 Å². The third-order valence-electron chi connectivity index (χ3n) is 9.54. The zero-order valence-electron chi connectivity index (χ0n) is 21.9. The number of aryl methyl sites for hydroxylation is 1. The van der Waals surface area contributed by atoms with E-state index in [-0.39, 0.29) is 5.41 Å². The van der Waals surface area contributed by atoms with Crippen molar-refractivity contribution in [2.24, 2.45) is 11.8 Å². The van der Waals surface area contributed by atoms with E-state index in [2.05, 4.69) is 74.5 Å². The molecule has 2 fully saturated rings. The van der Waals surface area contributed by atoms with Crippen LogP contribution in [-0.4, -0.2) is 48.6 Å². The summed E-state index contributed by atoms with van der Waals surface area (Å²) >= 11 is 0. The fraction of sp³-hybridized carbons (Fsp3) is 0.613. The summed E-state index contributed by atoms with van der Waals surface area (Å²) in [5.74, 6) is 1.64. The van der Waals surface area contributed by atoms with Gasteiger partial charge in [-0.05, 0) is 92.2 Å². The lowest BCUT2D eigenvalue weighted by Gasteiger charge is -2.58. The molecule has 3 heteroatoms. The molecule has 0 amide bonds. The van der Waals surface area contributed by atoms with Crippen molar-refractivity contribution in [3.05, 3.63) is 71.2 Å². The molecule has 1 saturated heterocycles. The number of hydrogen-bond donors (Lipinski definition) is 0. The second-order valence-electron chi connectivity index (χ2n) is 11.5. The fourth-order valence-electron chi connectivity index (χ4n) is 7.22. The number of benzene rings is 1. The highest BCUT2D eigenvalue weighted by molar-refractivity contribution is 5.46. The Morgan fingerprint density at radius 3 is 2.88 bits per heavy atom. The molecule has 2 aliphatic heterocycles.